The third-order valence-corrected chi connectivity index (χ3v) is 5.98. The van der Waals surface area contributed by atoms with E-state index in [1.54, 1.807) is 7.11 Å². The zero-order valence-corrected chi connectivity index (χ0v) is 18.9. The minimum absolute atomic E-state index is 0. The molecule has 0 aromatic heterocycles. The molecule has 1 heterocycles. The monoisotopic (exact) mass is 487 g/mol. The molecule has 2 aliphatic rings. The zero-order valence-electron chi connectivity index (χ0n) is 16.6. The van der Waals surface area contributed by atoms with Gasteiger partial charge in [-0.3, -0.25) is 4.99 Å². The molecule has 152 valence electrons. The molecule has 1 aromatic carbocycles. The normalized spacial score (nSPS) is 24.0. The second-order valence-electron chi connectivity index (χ2n) is 7.65. The highest BCUT2D eigenvalue weighted by Gasteiger charge is 2.36. The van der Waals surface area contributed by atoms with E-state index in [2.05, 4.69) is 46.0 Å². The Hall–Kier alpha value is -0.860. The van der Waals surface area contributed by atoms with Crippen LogP contribution in [0.4, 0.5) is 0 Å². The first kappa shape index (κ1) is 22.4. The van der Waals surface area contributed by atoms with Gasteiger partial charge in [0.1, 0.15) is 0 Å². The highest BCUT2D eigenvalue weighted by Crippen LogP contribution is 2.43. The Morgan fingerprint density at radius 3 is 2.67 bits per heavy atom. The molecule has 1 aromatic rings. The first-order chi connectivity index (χ1) is 12.8. The Morgan fingerprint density at radius 2 is 2.04 bits per heavy atom. The maximum atomic E-state index is 5.99. The summed E-state index contributed by atoms with van der Waals surface area (Å²) in [6.07, 6.45) is 6.29. The van der Waals surface area contributed by atoms with Crippen molar-refractivity contribution in [1.29, 1.82) is 0 Å². The summed E-state index contributed by atoms with van der Waals surface area (Å²) in [6.45, 7) is 3.52. The van der Waals surface area contributed by atoms with Gasteiger partial charge in [0.25, 0.3) is 0 Å². The largest absolute Gasteiger partial charge is 0.385 e. The lowest BCUT2D eigenvalue weighted by Crippen LogP contribution is -2.47. The number of nitrogens with zero attached hydrogens (tertiary/aromatic N) is 1. The van der Waals surface area contributed by atoms with Gasteiger partial charge in [0.2, 0.25) is 0 Å². The second-order valence-corrected chi connectivity index (χ2v) is 7.65. The Morgan fingerprint density at radius 1 is 1.26 bits per heavy atom. The van der Waals surface area contributed by atoms with Crippen LogP contribution in [-0.2, 0) is 9.47 Å². The summed E-state index contributed by atoms with van der Waals surface area (Å²) in [4.78, 5) is 4.41. The van der Waals surface area contributed by atoms with Crippen LogP contribution in [-0.4, -0.2) is 46.4 Å². The first-order valence-corrected chi connectivity index (χ1v) is 9.86. The fraction of sp³-hybridized carbons (Fsp3) is 0.667. The molecule has 6 heteroatoms. The van der Waals surface area contributed by atoms with Crippen molar-refractivity contribution < 1.29 is 9.47 Å². The molecule has 2 unspecified atom stereocenters. The molecule has 0 amide bonds. The maximum Gasteiger partial charge on any atom is 0.191 e. The molecule has 1 saturated carbocycles. The van der Waals surface area contributed by atoms with E-state index in [0.29, 0.717) is 11.3 Å². The van der Waals surface area contributed by atoms with Crippen LogP contribution in [0.5, 0.6) is 0 Å². The van der Waals surface area contributed by atoms with Crippen LogP contribution in [0.15, 0.2) is 35.3 Å². The van der Waals surface area contributed by atoms with Crippen LogP contribution in [0.1, 0.15) is 43.8 Å². The van der Waals surface area contributed by atoms with Gasteiger partial charge in [-0.05, 0) is 36.7 Å². The molecule has 2 fully saturated rings. The van der Waals surface area contributed by atoms with Crippen molar-refractivity contribution in [3.8, 4) is 0 Å². The SMILES string of the molecule is CN=C(NCC1CCOC1c1ccccc1)NCC1(CCOC)CCC1.I. The summed E-state index contributed by atoms with van der Waals surface area (Å²) < 4.78 is 11.3. The minimum atomic E-state index is 0. The Labute approximate surface area is 180 Å². The highest BCUT2D eigenvalue weighted by atomic mass is 127. The van der Waals surface area contributed by atoms with E-state index in [-0.39, 0.29) is 30.1 Å². The van der Waals surface area contributed by atoms with Crippen molar-refractivity contribution in [3.05, 3.63) is 35.9 Å². The lowest BCUT2D eigenvalue weighted by Gasteiger charge is -2.42. The minimum Gasteiger partial charge on any atom is -0.385 e. The number of benzene rings is 1. The van der Waals surface area contributed by atoms with Gasteiger partial charge in [-0.15, -0.1) is 24.0 Å². The Kier molecular flexibility index (Phi) is 9.32. The Bertz CT molecular complexity index is 578. The van der Waals surface area contributed by atoms with Gasteiger partial charge in [0, 0.05) is 46.4 Å². The van der Waals surface area contributed by atoms with Crippen LogP contribution in [0.3, 0.4) is 0 Å². The zero-order chi connectivity index (χ0) is 18.2. The standard InChI is InChI=1S/C21H33N3O2.HI/c1-22-20(24-16-21(10-6-11-21)12-14-25-2)23-15-18-9-13-26-19(18)17-7-4-3-5-8-17;/h3-5,7-8,18-19H,6,9-16H2,1-2H3,(H2,22,23,24);1H. The van der Waals surface area contributed by atoms with Crippen LogP contribution in [0, 0.1) is 11.3 Å². The second kappa shape index (κ2) is 11.2. The van der Waals surface area contributed by atoms with E-state index in [1.165, 1.54) is 24.8 Å². The molecule has 3 rings (SSSR count). The first-order valence-electron chi connectivity index (χ1n) is 9.86. The van der Waals surface area contributed by atoms with Crippen molar-refractivity contribution in [2.75, 3.05) is 40.5 Å². The van der Waals surface area contributed by atoms with Gasteiger partial charge >= 0.3 is 0 Å². The molecule has 2 atom stereocenters. The average Bonchev–Trinajstić information content (AvgIpc) is 3.12. The summed E-state index contributed by atoms with van der Waals surface area (Å²) in [5.74, 6) is 1.37. The van der Waals surface area contributed by atoms with E-state index in [9.17, 15) is 0 Å². The summed E-state index contributed by atoms with van der Waals surface area (Å²) in [5, 5.41) is 7.06. The van der Waals surface area contributed by atoms with Crippen molar-refractivity contribution in [2.45, 2.75) is 38.2 Å². The molecular weight excluding hydrogens is 453 g/mol. The quantitative estimate of drug-likeness (QED) is 0.333. The highest BCUT2D eigenvalue weighted by molar-refractivity contribution is 14.0. The number of halogens is 1. The van der Waals surface area contributed by atoms with Gasteiger partial charge < -0.3 is 20.1 Å². The fourth-order valence-electron chi connectivity index (χ4n) is 4.08. The third kappa shape index (κ3) is 6.06. The van der Waals surface area contributed by atoms with Gasteiger partial charge in [-0.25, -0.2) is 0 Å². The summed E-state index contributed by atoms with van der Waals surface area (Å²) in [6, 6.07) is 10.5. The molecule has 1 saturated heterocycles. The van der Waals surface area contributed by atoms with Gasteiger partial charge in [0.05, 0.1) is 6.10 Å². The van der Waals surface area contributed by atoms with Gasteiger partial charge in [-0.1, -0.05) is 36.8 Å². The van der Waals surface area contributed by atoms with Gasteiger partial charge in [0.15, 0.2) is 5.96 Å². The molecule has 1 aliphatic heterocycles. The van der Waals surface area contributed by atoms with E-state index in [0.717, 1.165) is 45.1 Å². The van der Waals surface area contributed by atoms with E-state index < -0.39 is 0 Å². The van der Waals surface area contributed by atoms with Crippen molar-refractivity contribution in [1.82, 2.24) is 10.6 Å². The molecule has 0 radical (unpaired) electrons. The molecular formula is C21H34IN3O2. The topological polar surface area (TPSA) is 54.9 Å². The lowest BCUT2D eigenvalue weighted by atomic mass is 9.67. The predicted molar refractivity (Wildman–Crippen MR) is 121 cm³/mol. The maximum absolute atomic E-state index is 5.99. The van der Waals surface area contributed by atoms with Crippen LogP contribution < -0.4 is 10.6 Å². The van der Waals surface area contributed by atoms with Gasteiger partial charge in [-0.2, -0.15) is 0 Å². The average molecular weight is 487 g/mol. The summed E-state index contributed by atoms with van der Waals surface area (Å²) >= 11 is 0. The number of hydrogen-bond donors (Lipinski definition) is 2. The van der Waals surface area contributed by atoms with E-state index >= 15 is 0 Å². The molecule has 2 N–H and O–H groups in total. The number of guanidine groups is 1. The van der Waals surface area contributed by atoms with Crippen molar-refractivity contribution in [3.63, 3.8) is 0 Å². The number of rotatable bonds is 8. The van der Waals surface area contributed by atoms with Crippen LogP contribution in [0.25, 0.3) is 0 Å². The molecule has 27 heavy (non-hydrogen) atoms. The van der Waals surface area contributed by atoms with E-state index in [4.69, 9.17) is 9.47 Å². The van der Waals surface area contributed by atoms with E-state index in [1.807, 2.05) is 7.05 Å². The molecule has 5 nitrogen and oxygen atoms in total. The Balaban J connectivity index is 0.00000261. The third-order valence-electron chi connectivity index (χ3n) is 5.98. The van der Waals surface area contributed by atoms with Crippen molar-refractivity contribution in [2.24, 2.45) is 16.3 Å². The fourth-order valence-corrected chi connectivity index (χ4v) is 4.08. The molecule has 0 spiro atoms. The number of nitrogens with one attached hydrogen (secondary N) is 2. The summed E-state index contributed by atoms with van der Waals surface area (Å²) in [5.41, 5.74) is 1.66. The number of methoxy groups -OCH3 is 1. The smallest absolute Gasteiger partial charge is 0.191 e. The van der Waals surface area contributed by atoms with Crippen LogP contribution in [0.2, 0.25) is 0 Å². The van der Waals surface area contributed by atoms with Crippen molar-refractivity contribution >= 4 is 29.9 Å². The number of ether oxygens (including phenoxy) is 2. The summed E-state index contributed by atoms with van der Waals surface area (Å²) in [7, 11) is 3.63. The number of aliphatic imine (C=N–C) groups is 1. The number of hydrogen-bond acceptors (Lipinski definition) is 3. The molecule has 0 bridgehead atoms. The lowest BCUT2D eigenvalue weighted by molar-refractivity contribution is 0.0731. The molecule has 1 aliphatic carbocycles. The predicted octanol–water partition coefficient (Wildman–Crippen LogP) is 3.75. The van der Waals surface area contributed by atoms with Crippen LogP contribution >= 0.6 is 24.0 Å².